The lowest BCUT2D eigenvalue weighted by atomic mass is 10.0. The Morgan fingerprint density at radius 1 is 1.03 bits per heavy atom. The summed E-state index contributed by atoms with van der Waals surface area (Å²) in [5.74, 6) is 0.391. The molecule has 1 heterocycles. The van der Waals surface area contributed by atoms with E-state index in [9.17, 15) is 13.2 Å². The number of carbonyl (C=O) groups excluding carboxylic acids is 1. The van der Waals surface area contributed by atoms with Gasteiger partial charge in [0.2, 0.25) is 11.8 Å². The average Bonchev–Trinajstić information content (AvgIpc) is 3.15. The number of carbonyl (C=O) groups is 1. The molecule has 0 bridgehead atoms. The summed E-state index contributed by atoms with van der Waals surface area (Å²) in [5, 5.41) is 10.3. The predicted molar refractivity (Wildman–Crippen MR) is 114 cm³/mol. The summed E-state index contributed by atoms with van der Waals surface area (Å²) in [5.41, 5.74) is 2.29. The van der Waals surface area contributed by atoms with Gasteiger partial charge in [-0.05, 0) is 35.6 Å². The normalized spacial score (nSPS) is 11.6. The van der Waals surface area contributed by atoms with Crippen LogP contribution in [0.15, 0.2) is 63.9 Å². The smallest absolute Gasteiger partial charge is 0.322 e. The number of sulfone groups is 1. The summed E-state index contributed by atoms with van der Waals surface area (Å²) in [6.45, 7) is 4.28. The first kappa shape index (κ1) is 21.7. The van der Waals surface area contributed by atoms with E-state index in [0.717, 1.165) is 5.56 Å². The van der Waals surface area contributed by atoms with E-state index in [1.54, 1.807) is 30.3 Å². The molecule has 0 saturated carbocycles. The van der Waals surface area contributed by atoms with Crippen LogP contribution < -0.4 is 5.32 Å². The lowest BCUT2D eigenvalue weighted by Crippen LogP contribution is -2.14. The third-order valence-corrected chi connectivity index (χ3v) is 6.45. The average molecular weight is 428 g/mol. The minimum Gasteiger partial charge on any atom is -0.407 e. The fraction of sp³-hybridized carbons (Fsp3) is 0.318. The quantitative estimate of drug-likeness (QED) is 0.554. The molecule has 3 rings (SSSR count). The van der Waals surface area contributed by atoms with Crippen molar-refractivity contribution in [1.29, 1.82) is 0 Å². The van der Waals surface area contributed by atoms with Crippen LogP contribution in [-0.4, -0.2) is 30.3 Å². The lowest BCUT2D eigenvalue weighted by Gasteiger charge is -2.05. The second-order valence-electron chi connectivity index (χ2n) is 7.36. The van der Waals surface area contributed by atoms with Crippen molar-refractivity contribution in [2.24, 2.45) is 0 Å². The van der Waals surface area contributed by atoms with Gasteiger partial charge in [0.1, 0.15) is 0 Å². The van der Waals surface area contributed by atoms with E-state index in [1.807, 2.05) is 12.1 Å². The Bertz CT molecular complexity index is 1080. The summed E-state index contributed by atoms with van der Waals surface area (Å²) in [6.07, 6.45) is 0.712. The first-order chi connectivity index (χ1) is 14.3. The first-order valence-corrected chi connectivity index (χ1v) is 11.5. The number of hydrogen-bond donors (Lipinski definition) is 1. The van der Waals surface area contributed by atoms with Crippen molar-refractivity contribution in [2.75, 3.05) is 11.1 Å². The largest absolute Gasteiger partial charge is 0.407 e. The Labute approximate surface area is 176 Å². The van der Waals surface area contributed by atoms with Gasteiger partial charge in [-0.25, -0.2) is 8.42 Å². The molecule has 0 atom stereocenters. The Hall–Kier alpha value is -3.00. The summed E-state index contributed by atoms with van der Waals surface area (Å²) in [6, 6.07) is 16.4. The maximum Gasteiger partial charge on any atom is 0.322 e. The molecule has 3 aromatic rings. The number of nitrogens with zero attached hydrogens (tertiary/aromatic N) is 2. The van der Waals surface area contributed by atoms with Crippen molar-refractivity contribution < 1.29 is 17.6 Å². The highest BCUT2D eigenvalue weighted by atomic mass is 32.2. The summed E-state index contributed by atoms with van der Waals surface area (Å²) < 4.78 is 29.9. The molecule has 0 saturated heterocycles. The fourth-order valence-electron chi connectivity index (χ4n) is 2.92. The molecule has 1 amide bonds. The third kappa shape index (κ3) is 6.00. The van der Waals surface area contributed by atoms with E-state index >= 15 is 0 Å². The topological polar surface area (TPSA) is 102 Å². The fourth-order valence-corrected chi connectivity index (χ4v) is 4.25. The molecular weight excluding hydrogens is 402 g/mol. The highest BCUT2D eigenvalue weighted by Crippen LogP contribution is 2.17. The van der Waals surface area contributed by atoms with Crippen LogP contribution in [0.3, 0.4) is 0 Å². The number of hydrogen-bond acceptors (Lipinski definition) is 6. The van der Waals surface area contributed by atoms with Gasteiger partial charge >= 0.3 is 6.01 Å². The number of nitrogens with one attached hydrogen (secondary N) is 1. The number of anilines is 1. The Kier molecular flexibility index (Phi) is 6.99. The highest BCUT2D eigenvalue weighted by molar-refractivity contribution is 7.91. The molecule has 0 radical (unpaired) electrons. The van der Waals surface area contributed by atoms with Gasteiger partial charge in [-0.3, -0.25) is 10.1 Å². The molecule has 2 aromatic carbocycles. The highest BCUT2D eigenvalue weighted by Gasteiger charge is 2.16. The van der Waals surface area contributed by atoms with Crippen molar-refractivity contribution in [1.82, 2.24) is 10.2 Å². The van der Waals surface area contributed by atoms with Crippen LogP contribution in [0, 0.1) is 0 Å². The van der Waals surface area contributed by atoms with E-state index < -0.39 is 9.84 Å². The zero-order chi connectivity index (χ0) is 21.6. The van der Waals surface area contributed by atoms with Gasteiger partial charge < -0.3 is 4.42 Å². The van der Waals surface area contributed by atoms with E-state index in [2.05, 4.69) is 41.5 Å². The van der Waals surface area contributed by atoms with Gasteiger partial charge in [-0.15, -0.1) is 5.10 Å². The van der Waals surface area contributed by atoms with Crippen molar-refractivity contribution in [3.05, 3.63) is 71.6 Å². The maximum absolute atomic E-state index is 12.2. The van der Waals surface area contributed by atoms with Gasteiger partial charge in [0.15, 0.2) is 9.84 Å². The molecular formula is C22H25N3O4S. The Balaban J connectivity index is 1.47. The second kappa shape index (κ2) is 9.67. The van der Waals surface area contributed by atoms with Crippen molar-refractivity contribution in [3.63, 3.8) is 0 Å². The lowest BCUT2D eigenvalue weighted by molar-refractivity contribution is -0.116. The summed E-state index contributed by atoms with van der Waals surface area (Å²) in [4.78, 5) is 12.3. The molecule has 7 nitrogen and oxygen atoms in total. The summed E-state index contributed by atoms with van der Waals surface area (Å²) in [7, 11) is -3.40. The molecule has 1 aromatic heterocycles. The molecule has 0 aliphatic heterocycles. The maximum atomic E-state index is 12.2. The molecule has 0 unspecified atom stereocenters. The monoisotopic (exact) mass is 427 g/mol. The molecule has 158 valence electrons. The number of aromatic nitrogens is 2. The molecule has 1 N–H and O–H groups in total. The Morgan fingerprint density at radius 2 is 1.73 bits per heavy atom. The zero-order valence-corrected chi connectivity index (χ0v) is 17.9. The van der Waals surface area contributed by atoms with Gasteiger partial charge in [0.05, 0.1) is 17.1 Å². The molecule has 30 heavy (non-hydrogen) atoms. The van der Waals surface area contributed by atoms with Crippen molar-refractivity contribution in [2.45, 2.75) is 43.9 Å². The molecule has 0 fully saturated rings. The molecule has 0 spiro atoms. The SMILES string of the molecule is CC(C)c1ccc(Cc2nnc(NC(=O)CCCS(=O)(=O)c3ccccc3)o2)cc1. The number of amides is 1. The van der Waals surface area contributed by atoms with Crippen LogP contribution in [-0.2, 0) is 21.1 Å². The minimum atomic E-state index is -3.40. The minimum absolute atomic E-state index is 0.0136. The first-order valence-electron chi connectivity index (χ1n) is 9.82. The van der Waals surface area contributed by atoms with E-state index in [1.165, 1.54) is 5.56 Å². The van der Waals surface area contributed by atoms with Crippen molar-refractivity contribution >= 4 is 21.8 Å². The predicted octanol–water partition coefficient (Wildman–Crippen LogP) is 3.98. The number of benzene rings is 2. The van der Waals surface area contributed by atoms with E-state index in [0.29, 0.717) is 18.2 Å². The van der Waals surface area contributed by atoms with Crippen LogP contribution in [0.25, 0.3) is 0 Å². The molecule has 0 aliphatic carbocycles. The zero-order valence-electron chi connectivity index (χ0n) is 17.0. The number of rotatable bonds is 9. The van der Waals surface area contributed by atoms with E-state index in [-0.39, 0.29) is 35.4 Å². The third-order valence-electron chi connectivity index (χ3n) is 4.63. The van der Waals surface area contributed by atoms with Crippen molar-refractivity contribution in [3.8, 4) is 0 Å². The van der Waals surface area contributed by atoms with Gasteiger partial charge in [0.25, 0.3) is 0 Å². The van der Waals surface area contributed by atoms with Crippen LogP contribution >= 0.6 is 0 Å². The van der Waals surface area contributed by atoms with Crippen LogP contribution in [0.5, 0.6) is 0 Å². The Morgan fingerprint density at radius 3 is 2.40 bits per heavy atom. The van der Waals surface area contributed by atoms with Gasteiger partial charge in [0, 0.05) is 6.42 Å². The van der Waals surface area contributed by atoms with Crippen LogP contribution in [0.4, 0.5) is 6.01 Å². The standard InChI is InChI=1S/C22H25N3O4S/c1-16(2)18-12-10-17(11-13-18)15-21-24-25-22(29-21)23-20(26)9-6-14-30(27,28)19-7-4-3-5-8-19/h3-5,7-8,10-13,16H,6,9,14-15H2,1-2H3,(H,23,25,26). The van der Waals surface area contributed by atoms with Gasteiger partial charge in [-0.1, -0.05) is 61.4 Å². The molecule has 0 aliphatic rings. The van der Waals surface area contributed by atoms with Crippen LogP contribution in [0.1, 0.15) is 49.6 Å². The molecule has 8 heteroatoms. The summed E-state index contributed by atoms with van der Waals surface area (Å²) >= 11 is 0. The van der Waals surface area contributed by atoms with E-state index in [4.69, 9.17) is 4.42 Å². The van der Waals surface area contributed by atoms with Crippen LogP contribution in [0.2, 0.25) is 0 Å². The second-order valence-corrected chi connectivity index (χ2v) is 9.47. The van der Waals surface area contributed by atoms with Gasteiger partial charge in [-0.2, -0.15) is 0 Å².